The lowest BCUT2D eigenvalue weighted by Crippen LogP contribution is -2.16. The van der Waals surface area contributed by atoms with Gasteiger partial charge in [-0.05, 0) is 42.0 Å². The normalized spacial score (nSPS) is 10.2. The summed E-state index contributed by atoms with van der Waals surface area (Å²) in [5, 5.41) is 15.1. The first-order valence-electron chi connectivity index (χ1n) is 6.38. The van der Waals surface area contributed by atoms with Crippen LogP contribution in [0.3, 0.4) is 0 Å². The maximum atomic E-state index is 11.6. The Balaban J connectivity index is 1.77. The molecular formula is C16H12BrN3O2. The SMILES string of the molecule is N#Cc1ccc(NC(=O)CO/N=C\c2ccc(Br)cc2)cc1. The molecule has 0 aromatic heterocycles. The molecule has 110 valence electrons. The highest BCUT2D eigenvalue weighted by molar-refractivity contribution is 9.10. The zero-order chi connectivity index (χ0) is 15.8. The van der Waals surface area contributed by atoms with Gasteiger partial charge in [0.2, 0.25) is 0 Å². The van der Waals surface area contributed by atoms with Gasteiger partial charge in [0.25, 0.3) is 5.91 Å². The van der Waals surface area contributed by atoms with Gasteiger partial charge in [0.1, 0.15) is 0 Å². The first-order chi connectivity index (χ1) is 10.7. The van der Waals surface area contributed by atoms with Gasteiger partial charge in [-0.25, -0.2) is 0 Å². The number of hydrogen-bond donors (Lipinski definition) is 1. The summed E-state index contributed by atoms with van der Waals surface area (Å²) >= 11 is 3.34. The summed E-state index contributed by atoms with van der Waals surface area (Å²) in [6.45, 7) is -0.187. The molecule has 1 amide bonds. The zero-order valence-corrected chi connectivity index (χ0v) is 13.1. The van der Waals surface area contributed by atoms with Crippen molar-refractivity contribution in [2.24, 2.45) is 5.16 Å². The summed E-state index contributed by atoms with van der Waals surface area (Å²) in [6, 6.07) is 16.1. The molecule has 1 N–H and O–H groups in total. The highest BCUT2D eigenvalue weighted by Gasteiger charge is 2.02. The molecule has 0 saturated carbocycles. The molecule has 2 aromatic carbocycles. The predicted octanol–water partition coefficient (Wildman–Crippen LogP) is 3.31. The van der Waals surface area contributed by atoms with Crippen LogP contribution in [0.1, 0.15) is 11.1 Å². The molecule has 0 fully saturated rings. The summed E-state index contributed by atoms with van der Waals surface area (Å²) < 4.78 is 0.979. The van der Waals surface area contributed by atoms with E-state index in [1.54, 1.807) is 24.3 Å². The van der Waals surface area contributed by atoms with Gasteiger partial charge in [0.05, 0.1) is 17.8 Å². The standard InChI is InChI=1S/C16H12BrN3O2/c17-14-5-1-13(2-6-14)10-19-22-11-16(21)20-15-7-3-12(9-18)4-8-15/h1-8,10H,11H2,(H,20,21)/b19-10-. The number of benzene rings is 2. The van der Waals surface area contributed by atoms with E-state index in [2.05, 4.69) is 26.4 Å². The van der Waals surface area contributed by atoms with Crippen molar-refractivity contribution >= 4 is 33.7 Å². The first kappa shape index (κ1) is 15.7. The smallest absolute Gasteiger partial charge is 0.265 e. The van der Waals surface area contributed by atoms with E-state index in [-0.39, 0.29) is 12.5 Å². The number of nitrogens with one attached hydrogen (secondary N) is 1. The van der Waals surface area contributed by atoms with Crippen LogP contribution in [-0.2, 0) is 9.63 Å². The third-order valence-electron chi connectivity index (χ3n) is 2.64. The minimum absolute atomic E-state index is 0.187. The van der Waals surface area contributed by atoms with E-state index in [1.807, 2.05) is 30.3 Å². The molecule has 0 heterocycles. The minimum Gasteiger partial charge on any atom is -0.386 e. The molecule has 0 radical (unpaired) electrons. The van der Waals surface area contributed by atoms with Gasteiger partial charge in [0, 0.05) is 10.2 Å². The topological polar surface area (TPSA) is 74.5 Å². The van der Waals surface area contributed by atoms with Crippen LogP contribution in [0.2, 0.25) is 0 Å². The molecule has 22 heavy (non-hydrogen) atoms. The maximum absolute atomic E-state index is 11.6. The van der Waals surface area contributed by atoms with Gasteiger partial charge in [-0.2, -0.15) is 5.26 Å². The van der Waals surface area contributed by atoms with Gasteiger partial charge in [-0.1, -0.05) is 33.2 Å². The van der Waals surface area contributed by atoms with Crippen LogP contribution in [0.4, 0.5) is 5.69 Å². The Hall–Kier alpha value is -2.65. The fourth-order valence-electron chi connectivity index (χ4n) is 1.57. The van der Waals surface area contributed by atoms with Crippen molar-refractivity contribution in [3.8, 4) is 6.07 Å². The van der Waals surface area contributed by atoms with Crippen LogP contribution in [0.15, 0.2) is 58.2 Å². The number of carbonyl (C=O) groups excluding carboxylic acids is 1. The van der Waals surface area contributed by atoms with Crippen molar-refractivity contribution in [3.63, 3.8) is 0 Å². The number of halogens is 1. The van der Waals surface area contributed by atoms with E-state index < -0.39 is 0 Å². The van der Waals surface area contributed by atoms with Gasteiger partial charge in [0.15, 0.2) is 6.61 Å². The van der Waals surface area contributed by atoms with E-state index in [9.17, 15) is 4.79 Å². The summed E-state index contributed by atoms with van der Waals surface area (Å²) in [7, 11) is 0. The van der Waals surface area contributed by atoms with Crippen molar-refractivity contribution in [1.29, 1.82) is 5.26 Å². The highest BCUT2D eigenvalue weighted by atomic mass is 79.9. The van der Waals surface area contributed by atoms with Crippen LogP contribution >= 0.6 is 15.9 Å². The van der Waals surface area contributed by atoms with Crippen molar-refractivity contribution in [1.82, 2.24) is 0 Å². The molecule has 0 spiro atoms. The second-order valence-electron chi connectivity index (χ2n) is 4.30. The number of nitrogens with zero attached hydrogens (tertiary/aromatic N) is 2. The molecule has 0 bridgehead atoms. The second-order valence-corrected chi connectivity index (χ2v) is 5.21. The molecule has 6 heteroatoms. The summed E-state index contributed by atoms with van der Waals surface area (Å²) in [6.07, 6.45) is 1.53. The fourth-order valence-corrected chi connectivity index (χ4v) is 1.83. The average molecular weight is 358 g/mol. The summed E-state index contributed by atoms with van der Waals surface area (Å²) in [5.41, 5.74) is 2.01. The van der Waals surface area contributed by atoms with E-state index in [0.29, 0.717) is 11.3 Å². The number of hydrogen-bond acceptors (Lipinski definition) is 4. The van der Waals surface area contributed by atoms with Crippen molar-refractivity contribution in [3.05, 3.63) is 64.1 Å². The third kappa shape index (κ3) is 5.04. The Morgan fingerprint density at radius 2 is 1.91 bits per heavy atom. The zero-order valence-electron chi connectivity index (χ0n) is 11.5. The first-order valence-corrected chi connectivity index (χ1v) is 7.17. The average Bonchev–Trinajstić information content (AvgIpc) is 2.54. The monoisotopic (exact) mass is 357 g/mol. The van der Waals surface area contributed by atoms with Crippen molar-refractivity contribution in [2.75, 3.05) is 11.9 Å². The predicted molar refractivity (Wildman–Crippen MR) is 87.5 cm³/mol. The number of carbonyl (C=O) groups is 1. The van der Waals surface area contributed by atoms with Crippen LogP contribution in [-0.4, -0.2) is 18.7 Å². The third-order valence-corrected chi connectivity index (χ3v) is 3.17. The molecule has 0 aliphatic carbocycles. The maximum Gasteiger partial charge on any atom is 0.265 e. The van der Waals surface area contributed by atoms with E-state index >= 15 is 0 Å². The Labute approximate surface area is 136 Å². The summed E-state index contributed by atoms with van der Waals surface area (Å²) in [5.74, 6) is -0.322. The van der Waals surface area contributed by atoms with E-state index in [0.717, 1.165) is 10.0 Å². The minimum atomic E-state index is -0.322. The molecular weight excluding hydrogens is 346 g/mol. The molecule has 5 nitrogen and oxygen atoms in total. The molecule has 0 unspecified atom stereocenters. The van der Waals surface area contributed by atoms with Gasteiger partial charge in [-0.15, -0.1) is 0 Å². The van der Waals surface area contributed by atoms with Crippen LogP contribution in [0, 0.1) is 11.3 Å². The van der Waals surface area contributed by atoms with E-state index in [4.69, 9.17) is 10.1 Å². The van der Waals surface area contributed by atoms with E-state index in [1.165, 1.54) is 6.21 Å². The Morgan fingerprint density at radius 1 is 1.23 bits per heavy atom. The van der Waals surface area contributed by atoms with Gasteiger partial charge >= 0.3 is 0 Å². The molecule has 0 saturated heterocycles. The largest absolute Gasteiger partial charge is 0.386 e. The molecule has 0 aliphatic heterocycles. The Bertz CT molecular complexity index is 704. The molecule has 0 aliphatic rings. The molecule has 2 aromatic rings. The molecule has 0 atom stereocenters. The number of amides is 1. The lowest BCUT2D eigenvalue weighted by molar-refractivity contribution is -0.120. The fraction of sp³-hybridized carbons (Fsp3) is 0.0625. The number of rotatable bonds is 5. The van der Waals surface area contributed by atoms with Crippen molar-refractivity contribution < 1.29 is 9.63 Å². The number of oxime groups is 1. The lowest BCUT2D eigenvalue weighted by atomic mass is 10.2. The van der Waals surface area contributed by atoms with Crippen LogP contribution < -0.4 is 5.32 Å². The quantitative estimate of drug-likeness (QED) is 0.658. The van der Waals surface area contributed by atoms with Crippen molar-refractivity contribution in [2.45, 2.75) is 0 Å². The number of anilines is 1. The number of nitriles is 1. The Kier molecular flexibility index (Phi) is 5.69. The molecule has 2 rings (SSSR count). The van der Waals surface area contributed by atoms with Crippen LogP contribution in [0.5, 0.6) is 0 Å². The summed E-state index contributed by atoms with van der Waals surface area (Å²) in [4.78, 5) is 16.6. The van der Waals surface area contributed by atoms with Gasteiger partial charge in [-0.3, -0.25) is 4.79 Å². The lowest BCUT2D eigenvalue weighted by Gasteiger charge is -2.03. The van der Waals surface area contributed by atoms with Crippen LogP contribution in [0.25, 0.3) is 0 Å². The van der Waals surface area contributed by atoms with Gasteiger partial charge < -0.3 is 10.2 Å². The highest BCUT2D eigenvalue weighted by Crippen LogP contribution is 2.09. The second kappa shape index (κ2) is 7.96. The Morgan fingerprint density at radius 3 is 2.55 bits per heavy atom.